The van der Waals surface area contributed by atoms with Crippen LogP contribution in [0.4, 0.5) is 0 Å². The van der Waals surface area contributed by atoms with Crippen molar-refractivity contribution in [3.05, 3.63) is 24.0 Å². The van der Waals surface area contributed by atoms with Crippen molar-refractivity contribution in [2.45, 2.75) is 43.3 Å². The van der Waals surface area contributed by atoms with E-state index in [2.05, 4.69) is 18.8 Å². The van der Waals surface area contributed by atoms with Crippen LogP contribution in [-0.4, -0.2) is 21.3 Å². The molecule has 0 aromatic carbocycles. The molecule has 4 heteroatoms. The first-order valence-electron chi connectivity index (χ1n) is 6.40. The number of rotatable bonds is 3. The normalized spacial score (nSPS) is 28.0. The van der Waals surface area contributed by atoms with Crippen LogP contribution in [0, 0.1) is 11.8 Å². The van der Waals surface area contributed by atoms with Gasteiger partial charge in [-0.2, -0.15) is 0 Å². The molecule has 0 saturated heterocycles. The van der Waals surface area contributed by atoms with Gasteiger partial charge in [0, 0.05) is 16.3 Å². The van der Waals surface area contributed by atoms with Crippen LogP contribution < -0.4 is 0 Å². The van der Waals surface area contributed by atoms with Crippen LogP contribution in [0.5, 0.6) is 0 Å². The third-order valence-corrected chi connectivity index (χ3v) is 4.63. The zero-order chi connectivity index (χ0) is 13.1. The van der Waals surface area contributed by atoms with Crippen molar-refractivity contribution in [2.75, 3.05) is 0 Å². The molecule has 0 bridgehead atoms. The van der Waals surface area contributed by atoms with Gasteiger partial charge in [0.15, 0.2) is 0 Å². The Kier molecular flexibility index (Phi) is 4.27. The van der Waals surface area contributed by atoms with Crippen molar-refractivity contribution in [1.29, 1.82) is 0 Å². The number of carboxylic acids is 1. The number of aromatic carboxylic acids is 1. The lowest BCUT2D eigenvalue weighted by Crippen LogP contribution is -2.21. The molecule has 1 aliphatic rings. The maximum Gasteiger partial charge on any atom is 0.354 e. The van der Waals surface area contributed by atoms with Gasteiger partial charge in [-0.25, -0.2) is 9.78 Å². The monoisotopic (exact) mass is 265 g/mol. The van der Waals surface area contributed by atoms with Gasteiger partial charge in [-0.15, -0.1) is 11.8 Å². The summed E-state index contributed by atoms with van der Waals surface area (Å²) >= 11 is 1.80. The molecule has 2 rings (SSSR count). The van der Waals surface area contributed by atoms with E-state index in [1.54, 1.807) is 24.0 Å². The van der Waals surface area contributed by atoms with Crippen molar-refractivity contribution in [2.24, 2.45) is 11.8 Å². The molecule has 0 spiro atoms. The minimum absolute atomic E-state index is 0.136. The first-order valence-corrected chi connectivity index (χ1v) is 7.28. The zero-order valence-electron chi connectivity index (χ0n) is 10.8. The third-order valence-electron chi connectivity index (χ3n) is 3.39. The molecule has 18 heavy (non-hydrogen) atoms. The fourth-order valence-corrected chi connectivity index (χ4v) is 4.32. The van der Waals surface area contributed by atoms with Crippen LogP contribution in [0.3, 0.4) is 0 Å². The molecule has 1 fully saturated rings. The lowest BCUT2D eigenvalue weighted by molar-refractivity contribution is 0.0690. The molecule has 1 heterocycles. The summed E-state index contributed by atoms with van der Waals surface area (Å²) in [5, 5.41) is 9.53. The number of carbonyl (C=O) groups is 1. The Balaban J connectivity index is 2.04. The van der Waals surface area contributed by atoms with Crippen molar-refractivity contribution in [1.82, 2.24) is 4.98 Å². The molecule has 1 aliphatic carbocycles. The Morgan fingerprint density at radius 2 is 2.00 bits per heavy atom. The topological polar surface area (TPSA) is 50.2 Å². The first-order chi connectivity index (χ1) is 8.54. The molecule has 0 aliphatic heterocycles. The van der Waals surface area contributed by atoms with Crippen molar-refractivity contribution < 1.29 is 9.90 Å². The molecule has 1 saturated carbocycles. The van der Waals surface area contributed by atoms with E-state index in [0.717, 1.165) is 16.7 Å². The maximum atomic E-state index is 10.9. The molecule has 0 radical (unpaired) electrons. The number of thioether (sulfide) groups is 1. The zero-order valence-corrected chi connectivity index (χ0v) is 11.6. The van der Waals surface area contributed by atoms with Crippen LogP contribution in [0.15, 0.2) is 23.2 Å². The van der Waals surface area contributed by atoms with Gasteiger partial charge in [0.25, 0.3) is 0 Å². The summed E-state index contributed by atoms with van der Waals surface area (Å²) in [7, 11) is 0. The van der Waals surface area contributed by atoms with Crippen molar-refractivity contribution >= 4 is 17.7 Å². The molecule has 98 valence electrons. The molecular weight excluding hydrogens is 246 g/mol. The number of pyridine rings is 1. The molecule has 3 nitrogen and oxygen atoms in total. The van der Waals surface area contributed by atoms with Gasteiger partial charge >= 0.3 is 5.97 Å². The fraction of sp³-hybridized carbons (Fsp3) is 0.571. The number of aromatic nitrogens is 1. The van der Waals surface area contributed by atoms with E-state index >= 15 is 0 Å². The average Bonchev–Trinajstić information content (AvgIpc) is 2.27. The number of hydrogen-bond donors (Lipinski definition) is 1. The highest BCUT2D eigenvalue weighted by Crippen LogP contribution is 2.38. The highest BCUT2D eigenvalue weighted by atomic mass is 32.2. The Labute approximate surface area is 112 Å². The van der Waals surface area contributed by atoms with E-state index < -0.39 is 5.97 Å². The van der Waals surface area contributed by atoms with Gasteiger partial charge in [-0.3, -0.25) is 0 Å². The highest BCUT2D eigenvalue weighted by Gasteiger charge is 2.24. The molecule has 1 N–H and O–H groups in total. The van der Waals surface area contributed by atoms with Gasteiger partial charge in [-0.1, -0.05) is 13.8 Å². The molecular formula is C14H19NO2S. The van der Waals surface area contributed by atoms with E-state index in [0.29, 0.717) is 5.25 Å². The summed E-state index contributed by atoms with van der Waals surface area (Å²) in [5.41, 5.74) is 0.136. The lowest BCUT2D eigenvalue weighted by atomic mass is 9.83. The van der Waals surface area contributed by atoms with Gasteiger partial charge < -0.3 is 5.11 Å². The predicted octanol–water partition coefficient (Wildman–Crippen LogP) is 3.70. The lowest BCUT2D eigenvalue weighted by Gasteiger charge is -2.31. The van der Waals surface area contributed by atoms with E-state index in [4.69, 9.17) is 5.11 Å². The second-order valence-electron chi connectivity index (χ2n) is 5.34. The smallest absolute Gasteiger partial charge is 0.354 e. The predicted molar refractivity (Wildman–Crippen MR) is 73.0 cm³/mol. The minimum atomic E-state index is -0.956. The summed E-state index contributed by atoms with van der Waals surface area (Å²) in [5.74, 6) is 0.585. The van der Waals surface area contributed by atoms with E-state index in [-0.39, 0.29) is 5.69 Å². The van der Waals surface area contributed by atoms with Crippen LogP contribution in [0.1, 0.15) is 43.6 Å². The van der Waals surface area contributed by atoms with Gasteiger partial charge in [0.1, 0.15) is 5.69 Å². The van der Waals surface area contributed by atoms with Crippen molar-refractivity contribution in [3.8, 4) is 0 Å². The quantitative estimate of drug-likeness (QED) is 0.905. The molecule has 2 unspecified atom stereocenters. The molecule has 0 amide bonds. The van der Waals surface area contributed by atoms with Crippen LogP contribution >= 0.6 is 11.8 Å². The largest absolute Gasteiger partial charge is 0.477 e. The van der Waals surface area contributed by atoms with Crippen LogP contribution in [0.25, 0.3) is 0 Å². The summed E-state index contributed by atoms with van der Waals surface area (Å²) in [6.07, 6.45) is 5.34. The molecule has 2 atom stereocenters. The maximum absolute atomic E-state index is 10.9. The second kappa shape index (κ2) is 5.74. The van der Waals surface area contributed by atoms with Gasteiger partial charge in [-0.05, 0) is 43.2 Å². The Morgan fingerprint density at radius 3 is 2.61 bits per heavy atom. The second-order valence-corrected chi connectivity index (χ2v) is 6.71. The summed E-state index contributed by atoms with van der Waals surface area (Å²) < 4.78 is 0. The standard InChI is InChI=1S/C14H19NO2S/c1-9-5-10(2)7-12(6-9)18-11-3-4-15-13(8-11)14(16)17/h3-4,8-10,12H,5-7H2,1-2H3,(H,16,17). The van der Waals surface area contributed by atoms with Crippen LogP contribution in [-0.2, 0) is 0 Å². The van der Waals surface area contributed by atoms with E-state index in [9.17, 15) is 4.79 Å². The number of nitrogens with zero attached hydrogens (tertiary/aromatic N) is 1. The van der Waals surface area contributed by atoms with Gasteiger partial charge in [0.05, 0.1) is 0 Å². The third kappa shape index (κ3) is 3.48. The fourth-order valence-electron chi connectivity index (χ4n) is 2.76. The van der Waals surface area contributed by atoms with E-state index in [1.807, 2.05) is 6.07 Å². The highest BCUT2D eigenvalue weighted by molar-refractivity contribution is 8.00. The number of carboxylic acid groups (broad SMARTS) is 1. The molecule has 1 aromatic heterocycles. The minimum Gasteiger partial charge on any atom is -0.477 e. The summed E-state index contributed by atoms with van der Waals surface area (Å²) in [4.78, 5) is 15.7. The SMILES string of the molecule is CC1CC(C)CC(Sc2ccnc(C(=O)O)c2)C1. The number of hydrogen-bond acceptors (Lipinski definition) is 3. The van der Waals surface area contributed by atoms with Crippen LogP contribution in [0.2, 0.25) is 0 Å². The van der Waals surface area contributed by atoms with E-state index in [1.165, 1.54) is 19.3 Å². The Morgan fingerprint density at radius 1 is 1.33 bits per heavy atom. The first kappa shape index (κ1) is 13.4. The average molecular weight is 265 g/mol. The van der Waals surface area contributed by atoms with Gasteiger partial charge in [0.2, 0.25) is 0 Å². The Bertz CT molecular complexity index is 426. The summed E-state index contributed by atoms with van der Waals surface area (Å²) in [6.45, 7) is 4.61. The molecule has 1 aromatic rings. The summed E-state index contributed by atoms with van der Waals surface area (Å²) in [6, 6.07) is 3.58. The van der Waals surface area contributed by atoms with Crippen molar-refractivity contribution in [3.63, 3.8) is 0 Å². The Hall–Kier alpha value is -1.03.